The van der Waals surface area contributed by atoms with Gasteiger partial charge in [0.25, 0.3) is 11.8 Å². The Bertz CT molecular complexity index is 2500. The summed E-state index contributed by atoms with van der Waals surface area (Å²) in [5.74, 6) is 1.31. The quantitative estimate of drug-likeness (QED) is 0.147. The van der Waals surface area contributed by atoms with Crippen molar-refractivity contribution < 1.29 is 29.1 Å². The van der Waals surface area contributed by atoms with Gasteiger partial charge in [-0.05, 0) is 98.0 Å². The maximum atomic E-state index is 13.5. The lowest BCUT2D eigenvalue weighted by Gasteiger charge is -2.41. The average molecular weight is 956 g/mol. The Morgan fingerprint density at radius 3 is 1.62 bits per heavy atom. The van der Waals surface area contributed by atoms with Gasteiger partial charge in [-0.25, -0.2) is 9.97 Å². The summed E-state index contributed by atoms with van der Waals surface area (Å²) in [6.45, 7) is 8.84. The van der Waals surface area contributed by atoms with E-state index in [4.69, 9.17) is 19.5 Å². The highest BCUT2D eigenvalue weighted by atomic mass is 79.9. The van der Waals surface area contributed by atoms with E-state index in [-0.39, 0.29) is 36.1 Å². The molecule has 6 aromatic rings. The van der Waals surface area contributed by atoms with E-state index < -0.39 is 7.12 Å². The fourth-order valence-corrected chi connectivity index (χ4v) is 10.5. The van der Waals surface area contributed by atoms with Gasteiger partial charge in [0.15, 0.2) is 0 Å². The first-order valence-electron chi connectivity index (χ1n) is 23.3. The maximum Gasteiger partial charge on any atom is 0.488 e. The number of fused-ring (bicyclic) bond motifs is 2. The second kappa shape index (κ2) is 22.4. The van der Waals surface area contributed by atoms with Gasteiger partial charge in [-0.2, -0.15) is 0 Å². The Labute approximate surface area is 396 Å². The predicted molar refractivity (Wildman–Crippen MR) is 260 cm³/mol. The number of carbonyl (C=O) groups is 2. The Morgan fingerprint density at radius 1 is 0.636 bits per heavy atom. The van der Waals surface area contributed by atoms with Crippen molar-refractivity contribution in [1.29, 1.82) is 0 Å². The van der Waals surface area contributed by atoms with Crippen molar-refractivity contribution in [3.05, 3.63) is 161 Å². The third kappa shape index (κ3) is 11.1. The zero-order valence-electron chi connectivity index (χ0n) is 37.8. The molecule has 0 radical (unpaired) electrons. The molecule has 0 spiro atoms. The number of aromatic nitrogens is 4. The third-order valence-corrected chi connectivity index (χ3v) is 14.3. The Balaban J connectivity index is 0.000000153. The first kappa shape index (κ1) is 47.1. The Hall–Kier alpha value is -5.38. The van der Waals surface area contributed by atoms with Crippen molar-refractivity contribution in [2.24, 2.45) is 11.8 Å². The number of likely N-dealkylation sites (tertiary alicyclic amines) is 2. The minimum absolute atomic E-state index is 0.0127. The number of piperidine rings is 2. The summed E-state index contributed by atoms with van der Waals surface area (Å²) < 4.78 is 16.9. The molecule has 0 saturated carbocycles. The molecule has 2 N–H and O–H groups in total. The van der Waals surface area contributed by atoms with Gasteiger partial charge < -0.3 is 38.5 Å². The summed E-state index contributed by atoms with van der Waals surface area (Å²) in [6, 6.07) is 35.6. The van der Waals surface area contributed by atoms with Gasteiger partial charge in [0.05, 0.1) is 49.3 Å². The molecule has 12 nitrogen and oxygen atoms in total. The summed E-state index contributed by atoms with van der Waals surface area (Å²) in [5, 5.41) is 17.2. The second-order valence-corrected chi connectivity index (χ2v) is 18.5. The molecular weight excluding hydrogens is 895 g/mol. The summed E-state index contributed by atoms with van der Waals surface area (Å²) in [7, 11) is -1.34. The van der Waals surface area contributed by atoms with Crippen molar-refractivity contribution in [2.75, 3.05) is 39.4 Å². The highest BCUT2D eigenvalue weighted by Crippen LogP contribution is 2.34. The van der Waals surface area contributed by atoms with Crippen LogP contribution in [0.4, 0.5) is 0 Å². The molecule has 4 aromatic carbocycles. The number of halogens is 1. The van der Waals surface area contributed by atoms with E-state index in [1.165, 1.54) is 29.5 Å². The number of ether oxygens (including phenoxy) is 2. The molecule has 2 aromatic heterocycles. The molecule has 4 aliphatic heterocycles. The van der Waals surface area contributed by atoms with E-state index in [2.05, 4.69) is 94.3 Å². The molecule has 6 heterocycles. The van der Waals surface area contributed by atoms with Gasteiger partial charge in [-0.1, -0.05) is 119 Å². The molecule has 344 valence electrons. The van der Waals surface area contributed by atoms with Crippen LogP contribution in [-0.4, -0.2) is 109 Å². The molecule has 66 heavy (non-hydrogen) atoms. The van der Waals surface area contributed by atoms with Crippen molar-refractivity contribution in [2.45, 2.75) is 76.7 Å². The Morgan fingerprint density at radius 2 is 1.11 bits per heavy atom. The van der Waals surface area contributed by atoms with Crippen molar-refractivity contribution in [3.8, 4) is 11.1 Å². The van der Waals surface area contributed by atoms with Crippen LogP contribution in [0.25, 0.3) is 11.1 Å². The third-order valence-electron chi connectivity index (χ3n) is 13.6. The minimum Gasteiger partial charge on any atom is -0.423 e. The zero-order chi connectivity index (χ0) is 46.0. The van der Waals surface area contributed by atoms with Gasteiger partial charge in [0, 0.05) is 43.9 Å². The van der Waals surface area contributed by atoms with E-state index in [0.717, 1.165) is 62.0 Å². The van der Waals surface area contributed by atoms with Crippen LogP contribution >= 0.6 is 15.9 Å². The molecule has 4 saturated heterocycles. The largest absolute Gasteiger partial charge is 0.488 e. The standard InChI is InChI=1S/C26H29N3O2.C20H24BrN3O2.C6H7BO2/c1-19(22-11-5-6-12-23(22)20-8-3-2-4-9-20)29-18-27-16-24(29)26(30)28-14-13-21-10-7-15-31-25(21)17-28;1-14(16-6-2-3-7-17(16)21)24-13-22-11-18(24)20(25)23-9-8-15-5-4-10-26-19(15)12-23;8-7(9)6-4-2-1-3-5-6/h2-6,8-9,11-12,16,18-19,21,25H,7,10,13-15,17H2,1H3;2-3,6-7,11,13-15,19H,4-5,8-10,12H2,1H3;1-5,8-9H/t19-,21+,25+;14-,15+,19+;/m00./s1. The fourth-order valence-electron chi connectivity index (χ4n) is 9.86. The molecule has 4 aliphatic rings. The SMILES string of the molecule is C[C@@H](c1ccccc1-c1ccccc1)n1cncc1C(=O)N1CC[C@H]2CCCO[C@@H]2C1.C[C@@H](c1ccccc1Br)n1cncc1C(=O)N1CC[C@H]2CCCO[C@@H]2C1.OB(O)c1ccccc1. The van der Waals surface area contributed by atoms with Gasteiger partial charge >= 0.3 is 7.12 Å². The van der Waals surface area contributed by atoms with E-state index in [0.29, 0.717) is 41.8 Å². The number of hydrogen-bond acceptors (Lipinski definition) is 8. The van der Waals surface area contributed by atoms with Crippen LogP contribution in [0, 0.1) is 11.8 Å². The molecule has 0 bridgehead atoms. The fraction of sp³-hybridized carbons (Fsp3) is 0.385. The van der Waals surface area contributed by atoms with Crippen LogP contribution < -0.4 is 5.46 Å². The molecule has 10 rings (SSSR count). The summed E-state index contributed by atoms with van der Waals surface area (Å²) in [5.41, 5.74) is 6.47. The first-order chi connectivity index (χ1) is 32.2. The maximum absolute atomic E-state index is 13.5. The molecule has 2 amide bonds. The molecule has 0 unspecified atom stereocenters. The highest BCUT2D eigenvalue weighted by Gasteiger charge is 2.37. The van der Waals surface area contributed by atoms with Crippen molar-refractivity contribution >= 4 is 40.3 Å². The zero-order valence-corrected chi connectivity index (χ0v) is 39.4. The first-order valence-corrected chi connectivity index (χ1v) is 24.1. The van der Waals surface area contributed by atoms with Gasteiger partial charge in [-0.3, -0.25) is 9.59 Å². The van der Waals surface area contributed by atoms with Crippen LogP contribution in [-0.2, 0) is 9.47 Å². The monoisotopic (exact) mass is 954 g/mol. The van der Waals surface area contributed by atoms with E-state index in [1.54, 1.807) is 49.3 Å². The highest BCUT2D eigenvalue weighted by molar-refractivity contribution is 9.10. The van der Waals surface area contributed by atoms with E-state index >= 15 is 0 Å². The number of benzene rings is 4. The average Bonchev–Trinajstić information content (AvgIpc) is 4.08. The number of carbonyl (C=O) groups excluding carboxylic acids is 2. The molecule has 6 atom stereocenters. The number of rotatable bonds is 8. The van der Waals surface area contributed by atoms with Crippen molar-refractivity contribution in [1.82, 2.24) is 28.9 Å². The summed E-state index contributed by atoms with van der Waals surface area (Å²) >= 11 is 3.61. The lowest BCUT2D eigenvalue weighted by Crippen LogP contribution is -2.49. The smallest absolute Gasteiger partial charge is 0.423 e. The van der Waals surface area contributed by atoms with Crippen LogP contribution in [0.1, 0.15) is 96.6 Å². The summed E-state index contributed by atoms with van der Waals surface area (Å²) in [4.78, 5) is 39.1. The predicted octanol–water partition coefficient (Wildman–Crippen LogP) is 8.06. The van der Waals surface area contributed by atoms with Crippen LogP contribution in [0.3, 0.4) is 0 Å². The topological polar surface area (TPSA) is 135 Å². The normalized spacial score (nSPS) is 21.1. The van der Waals surface area contributed by atoms with Gasteiger partial charge in [0.2, 0.25) is 0 Å². The van der Waals surface area contributed by atoms with Crippen molar-refractivity contribution in [3.63, 3.8) is 0 Å². The number of hydrogen-bond donors (Lipinski definition) is 2. The second-order valence-electron chi connectivity index (χ2n) is 17.7. The van der Waals surface area contributed by atoms with Crippen LogP contribution in [0.5, 0.6) is 0 Å². The van der Waals surface area contributed by atoms with Gasteiger partial charge in [-0.15, -0.1) is 0 Å². The lowest BCUT2D eigenvalue weighted by atomic mass is 9.81. The molecular formula is C52H60BBrN6O6. The minimum atomic E-state index is -1.34. The molecule has 4 fully saturated rings. The van der Waals surface area contributed by atoms with E-state index in [9.17, 15) is 9.59 Å². The molecule has 0 aliphatic carbocycles. The van der Waals surface area contributed by atoms with Gasteiger partial charge in [0.1, 0.15) is 11.4 Å². The summed E-state index contributed by atoms with van der Waals surface area (Å²) in [6.07, 6.45) is 14.1. The number of nitrogens with zero attached hydrogens (tertiary/aromatic N) is 6. The van der Waals surface area contributed by atoms with E-state index in [1.807, 2.05) is 49.3 Å². The van der Waals surface area contributed by atoms with Crippen LogP contribution in [0.2, 0.25) is 0 Å². The molecule has 14 heteroatoms. The number of amides is 2. The lowest BCUT2D eigenvalue weighted by molar-refractivity contribution is -0.0629. The van der Waals surface area contributed by atoms with Crippen LogP contribution in [0.15, 0.2) is 139 Å². The number of imidazole rings is 2. The Kier molecular flexibility index (Phi) is 16.0.